The standard InChI is InChI=1S/C21H23N3O2/c1-16-8-6-7-11-19(16)22-20(25)14-15-21(26)24-23-17(2)12-13-18-9-4-3-5-10-18/h3-13H,14-15H2,1-2H3,(H,22,25)(H,24,26)/b13-12+,23-17+. The van der Waals surface area contributed by atoms with Crippen molar-refractivity contribution in [1.29, 1.82) is 0 Å². The van der Waals surface area contributed by atoms with Gasteiger partial charge in [0.1, 0.15) is 0 Å². The maximum absolute atomic E-state index is 11.9. The molecule has 0 aliphatic rings. The largest absolute Gasteiger partial charge is 0.326 e. The summed E-state index contributed by atoms with van der Waals surface area (Å²) in [5.74, 6) is -0.489. The molecule has 0 aliphatic carbocycles. The first kappa shape index (κ1) is 19.1. The highest BCUT2D eigenvalue weighted by atomic mass is 16.2. The Hall–Kier alpha value is -3.21. The molecule has 0 radical (unpaired) electrons. The third-order valence-corrected chi connectivity index (χ3v) is 3.67. The van der Waals surface area contributed by atoms with Crippen molar-refractivity contribution in [2.75, 3.05) is 5.32 Å². The van der Waals surface area contributed by atoms with E-state index in [4.69, 9.17) is 0 Å². The smallest absolute Gasteiger partial charge is 0.240 e. The molecule has 2 amide bonds. The van der Waals surface area contributed by atoms with E-state index in [1.54, 1.807) is 6.92 Å². The molecular weight excluding hydrogens is 326 g/mol. The van der Waals surface area contributed by atoms with Gasteiger partial charge in [-0.3, -0.25) is 9.59 Å². The van der Waals surface area contributed by atoms with Crippen LogP contribution in [0, 0.1) is 6.92 Å². The van der Waals surface area contributed by atoms with Crippen LogP contribution >= 0.6 is 0 Å². The topological polar surface area (TPSA) is 70.6 Å². The number of hydrogen-bond donors (Lipinski definition) is 2. The Kier molecular flexibility index (Phi) is 7.31. The van der Waals surface area contributed by atoms with Crippen molar-refractivity contribution in [3.05, 3.63) is 71.8 Å². The summed E-state index contributed by atoms with van der Waals surface area (Å²) in [4.78, 5) is 23.8. The number of hydrogen-bond acceptors (Lipinski definition) is 3. The van der Waals surface area contributed by atoms with Gasteiger partial charge in [-0.15, -0.1) is 0 Å². The molecule has 26 heavy (non-hydrogen) atoms. The number of nitrogens with zero attached hydrogens (tertiary/aromatic N) is 1. The van der Waals surface area contributed by atoms with Gasteiger partial charge < -0.3 is 5.32 Å². The second-order valence-corrected chi connectivity index (χ2v) is 5.90. The first-order chi connectivity index (χ1) is 12.5. The summed E-state index contributed by atoms with van der Waals surface area (Å²) in [5.41, 5.74) is 5.94. The van der Waals surface area contributed by atoms with Crippen molar-refractivity contribution in [3.8, 4) is 0 Å². The Morgan fingerprint density at radius 2 is 1.62 bits per heavy atom. The first-order valence-corrected chi connectivity index (χ1v) is 8.46. The van der Waals surface area contributed by atoms with E-state index in [1.165, 1.54) is 0 Å². The van der Waals surface area contributed by atoms with Gasteiger partial charge in [0.05, 0.1) is 5.71 Å². The molecule has 0 fully saturated rings. The van der Waals surface area contributed by atoms with Crippen molar-refractivity contribution in [2.24, 2.45) is 5.10 Å². The summed E-state index contributed by atoms with van der Waals surface area (Å²) >= 11 is 0. The minimum absolute atomic E-state index is 0.0803. The summed E-state index contributed by atoms with van der Waals surface area (Å²) in [7, 11) is 0. The van der Waals surface area contributed by atoms with E-state index < -0.39 is 0 Å². The second-order valence-electron chi connectivity index (χ2n) is 5.90. The van der Waals surface area contributed by atoms with Crippen LogP contribution in [-0.2, 0) is 9.59 Å². The lowest BCUT2D eigenvalue weighted by molar-refractivity contribution is -0.124. The van der Waals surface area contributed by atoms with E-state index in [-0.39, 0.29) is 24.7 Å². The van der Waals surface area contributed by atoms with Gasteiger partial charge in [-0.05, 0) is 37.1 Å². The molecule has 0 unspecified atom stereocenters. The molecule has 2 N–H and O–H groups in total. The van der Waals surface area contributed by atoms with Crippen molar-refractivity contribution in [3.63, 3.8) is 0 Å². The predicted molar refractivity (Wildman–Crippen MR) is 106 cm³/mol. The highest BCUT2D eigenvalue weighted by Crippen LogP contribution is 2.13. The van der Waals surface area contributed by atoms with Crippen molar-refractivity contribution >= 4 is 29.3 Å². The molecule has 5 heteroatoms. The SMILES string of the molecule is CC(/C=C/c1ccccc1)=N\NC(=O)CCC(=O)Nc1ccccc1C. The molecule has 0 aliphatic heterocycles. The van der Waals surface area contributed by atoms with E-state index in [2.05, 4.69) is 15.8 Å². The molecule has 134 valence electrons. The number of allylic oxidation sites excluding steroid dienone is 1. The number of amides is 2. The number of rotatable bonds is 7. The predicted octanol–water partition coefficient (Wildman–Crippen LogP) is 3.92. The fourth-order valence-corrected chi connectivity index (χ4v) is 2.18. The monoisotopic (exact) mass is 349 g/mol. The minimum Gasteiger partial charge on any atom is -0.326 e. The van der Waals surface area contributed by atoms with Crippen LogP contribution in [0.5, 0.6) is 0 Å². The summed E-state index contributed by atoms with van der Waals surface area (Å²) < 4.78 is 0. The molecule has 0 saturated heterocycles. The molecular formula is C21H23N3O2. The maximum atomic E-state index is 11.9. The zero-order chi connectivity index (χ0) is 18.8. The van der Waals surface area contributed by atoms with E-state index >= 15 is 0 Å². The summed E-state index contributed by atoms with van der Waals surface area (Å²) in [6, 6.07) is 17.3. The third kappa shape index (κ3) is 6.73. The summed E-state index contributed by atoms with van der Waals surface area (Å²) in [5, 5.41) is 6.82. The Morgan fingerprint density at radius 3 is 2.35 bits per heavy atom. The van der Waals surface area contributed by atoms with Crippen LogP contribution in [0.3, 0.4) is 0 Å². The van der Waals surface area contributed by atoms with E-state index in [9.17, 15) is 9.59 Å². The molecule has 0 saturated carbocycles. The van der Waals surface area contributed by atoms with Gasteiger partial charge >= 0.3 is 0 Å². The molecule has 0 aromatic heterocycles. The Labute approximate surface area is 153 Å². The molecule has 0 bridgehead atoms. The molecule has 0 atom stereocenters. The van der Waals surface area contributed by atoms with Gasteiger partial charge in [0.2, 0.25) is 11.8 Å². The Balaban J connectivity index is 1.75. The second kappa shape index (κ2) is 9.93. The van der Waals surface area contributed by atoms with Crippen LogP contribution in [-0.4, -0.2) is 17.5 Å². The molecule has 2 aromatic rings. The maximum Gasteiger partial charge on any atom is 0.240 e. The van der Waals surface area contributed by atoms with Crippen molar-refractivity contribution in [1.82, 2.24) is 5.43 Å². The minimum atomic E-state index is -0.294. The van der Waals surface area contributed by atoms with Crippen LogP contribution in [0.15, 0.2) is 65.8 Å². The van der Waals surface area contributed by atoms with Crippen LogP contribution in [0.2, 0.25) is 0 Å². The number of aryl methyl sites for hydroxylation is 1. The number of para-hydroxylation sites is 1. The van der Waals surface area contributed by atoms with Crippen LogP contribution in [0.25, 0.3) is 6.08 Å². The zero-order valence-electron chi connectivity index (χ0n) is 15.0. The average Bonchev–Trinajstić information content (AvgIpc) is 2.65. The van der Waals surface area contributed by atoms with Gasteiger partial charge in [0.15, 0.2) is 0 Å². The van der Waals surface area contributed by atoms with E-state index in [0.717, 1.165) is 16.8 Å². The van der Waals surface area contributed by atoms with Gasteiger partial charge in [-0.1, -0.05) is 54.6 Å². The number of nitrogens with one attached hydrogen (secondary N) is 2. The molecule has 0 spiro atoms. The normalized spacial score (nSPS) is 11.4. The fourth-order valence-electron chi connectivity index (χ4n) is 2.18. The molecule has 5 nitrogen and oxygen atoms in total. The van der Waals surface area contributed by atoms with Gasteiger partial charge in [-0.25, -0.2) is 5.43 Å². The van der Waals surface area contributed by atoms with Crippen LogP contribution in [0.1, 0.15) is 30.9 Å². The van der Waals surface area contributed by atoms with Gasteiger partial charge in [0.25, 0.3) is 0 Å². The lowest BCUT2D eigenvalue weighted by atomic mass is 10.2. The first-order valence-electron chi connectivity index (χ1n) is 8.46. The summed E-state index contributed by atoms with van der Waals surface area (Å²) in [6.07, 6.45) is 3.92. The molecule has 2 rings (SSSR count). The highest BCUT2D eigenvalue weighted by molar-refractivity contribution is 5.97. The molecule has 2 aromatic carbocycles. The third-order valence-electron chi connectivity index (χ3n) is 3.67. The Bertz CT molecular complexity index is 811. The summed E-state index contributed by atoms with van der Waals surface area (Å²) in [6.45, 7) is 3.72. The van der Waals surface area contributed by atoms with Crippen LogP contribution < -0.4 is 10.7 Å². The average molecular weight is 349 g/mol. The lowest BCUT2D eigenvalue weighted by Crippen LogP contribution is -2.21. The quantitative estimate of drug-likeness (QED) is 0.587. The van der Waals surface area contributed by atoms with Crippen molar-refractivity contribution < 1.29 is 9.59 Å². The van der Waals surface area contributed by atoms with Gasteiger partial charge in [-0.2, -0.15) is 5.10 Å². The number of benzene rings is 2. The van der Waals surface area contributed by atoms with Crippen molar-refractivity contribution in [2.45, 2.75) is 26.7 Å². The lowest BCUT2D eigenvalue weighted by Gasteiger charge is -2.07. The number of carbonyl (C=O) groups is 2. The van der Waals surface area contributed by atoms with E-state index in [0.29, 0.717) is 5.71 Å². The van der Waals surface area contributed by atoms with Gasteiger partial charge in [0, 0.05) is 18.5 Å². The fraction of sp³-hybridized carbons (Fsp3) is 0.190. The van der Waals surface area contributed by atoms with Crippen LogP contribution in [0.4, 0.5) is 5.69 Å². The highest BCUT2D eigenvalue weighted by Gasteiger charge is 2.07. The number of hydrazone groups is 1. The zero-order valence-corrected chi connectivity index (χ0v) is 15.0. The number of carbonyl (C=O) groups excluding carboxylic acids is 2. The molecule has 0 heterocycles. The Morgan fingerprint density at radius 1 is 0.962 bits per heavy atom. The number of anilines is 1. The van der Waals surface area contributed by atoms with E-state index in [1.807, 2.05) is 73.7 Å².